The van der Waals surface area contributed by atoms with Crippen molar-refractivity contribution in [3.63, 3.8) is 0 Å². The van der Waals surface area contributed by atoms with Crippen molar-refractivity contribution in [2.24, 2.45) is 0 Å². The molecule has 0 spiro atoms. The Balaban J connectivity index is 1.32. The van der Waals surface area contributed by atoms with E-state index in [2.05, 4.69) is 20.2 Å². The predicted molar refractivity (Wildman–Crippen MR) is 112 cm³/mol. The normalized spacial score (nSPS) is 16.5. The Hall–Kier alpha value is -3.25. The Morgan fingerprint density at radius 1 is 1.07 bits per heavy atom. The molecule has 0 aliphatic carbocycles. The van der Waals surface area contributed by atoms with Gasteiger partial charge in [-0.1, -0.05) is 6.07 Å². The molecule has 0 bridgehead atoms. The molecule has 3 heterocycles. The quantitative estimate of drug-likeness (QED) is 0.665. The molecule has 1 amide bonds. The number of hydrogen-bond donors (Lipinski definition) is 1. The molecule has 2 aromatic heterocycles. The topological polar surface area (TPSA) is 67.3 Å². The number of likely N-dealkylation sites (tertiary alicyclic amines) is 1. The predicted octanol–water partition coefficient (Wildman–Crippen LogP) is 3.91. The highest BCUT2D eigenvalue weighted by molar-refractivity contribution is 5.95. The zero-order valence-corrected chi connectivity index (χ0v) is 16.2. The lowest BCUT2D eigenvalue weighted by Crippen LogP contribution is -2.40. The van der Waals surface area contributed by atoms with Gasteiger partial charge in [-0.2, -0.15) is 0 Å². The molecular formula is C23H24N4O2. The van der Waals surface area contributed by atoms with Crippen molar-refractivity contribution in [2.75, 3.05) is 18.4 Å². The van der Waals surface area contributed by atoms with Crippen molar-refractivity contribution < 1.29 is 9.53 Å². The molecule has 1 saturated heterocycles. The van der Waals surface area contributed by atoms with Crippen LogP contribution >= 0.6 is 0 Å². The standard InChI is InChI=1S/C23H24N4O2/c28-23(22-7-4-15-27(22)16-12-18-5-1-2-14-25-18)26-19-8-10-20(11-9-19)29-21-6-3-13-24-17-21/h1-3,5-6,8-11,13-14,17,22H,4,7,12,15-16H2,(H,26,28)/t22-/m1/s1. The highest BCUT2D eigenvalue weighted by atomic mass is 16.5. The SMILES string of the molecule is O=C(Nc1ccc(Oc2cccnc2)cc1)[C@H]1CCCN1CCc1ccccn1. The Morgan fingerprint density at radius 3 is 2.72 bits per heavy atom. The first-order valence-electron chi connectivity index (χ1n) is 9.91. The van der Waals surface area contributed by atoms with Gasteiger partial charge in [0.1, 0.15) is 11.5 Å². The summed E-state index contributed by atoms with van der Waals surface area (Å²) in [4.78, 5) is 23.5. The summed E-state index contributed by atoms with van der Waals surface area (Å²) in [6.07, 6.45) is 7.95. The molecule has 1 aliphatic rings. The van der Waals surface area contributed by atoms with Gasteiger partial charge in [-0.15, -0.1) is 0 Å². The van der Waals surface area contributed by atoms with E-state index in [-0.39, 0.29) is 11.9 Å². The van der Waals surface area contributed by atoms with Crippen LogP contribution in [0, 0.1) is 0 Å². The van der Waals surface area contributed by atoms with Gasteiger partial charge >= 0.3 is 0 Å². The third-order valence-corrected chi connectivity index (χ3v) is 5.04. The summed E-state index contributed by atoms with van der Waals surface area (Å²) >= 11 is 0. The van der Waals surface area contributed by atoms with Crippen molar-refractivity contribution >= 4 is 11.6 Å². The number of nitrogens with zero attached hydrogens (tertiary/aromatic N) is 3. The highest BCUT2D eigenvalue weighted by Gasteiger charge is 2.30. The van der Waals surface area contributed by atoms with Crippen LogP contribution in [0.3, 0.4) is 0 Å². The van der Waals surface area contributed by atoms with Crippen LogP contribution in [0.15, 0.2) is 73.2 Å². The van der Waals surface area contributed by atoms with Crippen LogP contribution in [-0.4, -0.2) is 39.9 Å². The number of anilines is 1. The number of hydrogen-bond acceptors (Lipinski definition) is 5. The van der Waals surface area contributed by atoms with E-state index < -0.39 is 0 Å². The van der Waals surface area contributed by atoms with Gasteiger partial charge in [-0.25, -0.2) is 0 Å². The second-order valence-electron chi connectivity index (χ2n) is 7.07. The summed E-state index contributed by atoms with van der Waals surface area (Å²) in [6.45, 7) is 1.79. The van der Waals surface area contributed by atoms with E-state index in [1.165, 1.54) is 0 Å². The molecule has 1 N–H and O–H groups in total. The maximum Gasteiger partial charge on any atom is 0.241 e. The average molecular weight is 388 g/mol. The molecule has 0 saturated carbocycles. The largest absolute Gasteiger partial charge is 0.456 e. The zero-order valence-electron chi connectivity index (χ0n) is 16.2. The second kappa shape index (κ2) is 9.30. The Morgan fingerprint density at radius 2 is 1.97 bits per heavy atom. The van der Waals surface area contributed by atoms with Gasteiger partial charge in [0, 0.05) is 36.7 Å². The van der Waals surface area contributed by atoms with Crippen molar-refractivity contribution in [3.8, 4) is 11.5 Å². The van der Waals surface area contributed by atoms with Gasteiger partial charge in [0.25, 0.3) is 0 Å². The summed E-state index contributed by atoms with van der Waals surface area (Å²) in [6, 6.07) is 16.9. The van der Waals surface area contributed by atoms with E-state index in [4.69, 9.17) is 4.74 Å². The minimum atomic E-state index is -0.0926. The van der Waals surface area contributed by atoms with E-state index >= 15 is 0 Å². The van der Waals surface area contributed by atoms with Gasteiger partial charge in [-0.05, 0) is 67.9 Å². The van der Waals surface area contributed by atoms with Crippen LogP contribution in [0.4, 0.5) is 5.69 Å². The fourth-order valence-electron chi connectivity index (χ4n) is 3.57. The van der Waals surface area contributed by atoms with Crippen LogP contribution in [0.25, 0.3) is 0 Å². The summed E-state index contributed by atoms with van der Waals surface area (Å²) in [5.41, 5.74) is 1.83. The van der Waals surface area contributed by atoms with Gasteiger partial charge in [-0.3, -0.25) is 19.7 Å². The van der Waals surface area contributed by atoms with Crippen molar-refractivity contribution in [2.45, 2.75) is 25.3 Å². The molecule has 148 valence electrons. The average Bonchev–Trinajstić information content (AvgIpc) is 3.24. The first kappa shape index (κ1) is 19.1. The molecule has 1 fully saturated rings. The third kappa shape index (κ3) is 5.18. The number of carbonyl (C=O) groups is 1. The summed E-state index contributed by atoms with van der Waals surface area (Å²) < 4.78 is 5.74. The molecule has 1 atom stereocenters. The number of amides is 1. The molecule has 1 aromatic carbocycles. The maximum absolute atomic E-state index is 12.8. The summed E-state index contributed by atoms with van der Waals surface area (Å²) in [5.74, 6) is 1.43. The zero-order chi connectivity index (χ0) is 19.9. The number of pyridine rings is 2. The van der Waals surface area contributed by atoms with Gasteiger partial charge < -0.3 is 10.1 Å². The van der Waals surface area contributed by atoms with Gasteiger partial charge in [0.2, 0.25) is 5.91 Å². The second-order valence-corrected chi connectivity index (χ2v) is 7.07. The third-order valence-electron chi connectivity index (χ3n) is 5.04. The number of rotatable bonds is 7. The van der Waals surface area contributed by atoms with Crippen LogP contribution in [-0.2, 0) is 11.2 Å². The number of ether oxygens (including phenoxy) is 1. The van der Waals surface area contributed by atoms with Gasteiger partial charge in [0.15, 0.2) is 0 Å². The van der Waals surface area contributed by atoms with Crippen molar-refractivity contribution in [3.05, 3.63) is 78.9 Å². The van der Waals surface area contributed by atoms with Crippen LogP contribution in [0.2, 0.25) is 0 Å². The van der Waals surface area contributed by atoms with E-state index in [0.717, 1.165) is 43.7 Å². The Kier molecular flexibility index (Phi) is 6.12. The van der Waals surface area contributed by atoms with Crippen molar-refractivity contribution in [1.29, 1.82) is 0 Å². The van der Waals surface area contributed by atoms with Crippen LogP contribution in [0.1, 0.15) is 18.5 Å². The smallest absolute Gasteiger partial charge is 0.241 e. The number of benzene rings is 1. The number of aromatic nitrogens is 2. The first-order chi connectivity index (χ1) is 14.3. The monoisotopic (exact) mass is 388 g/mol. The van der Waals surface area contributed by atoms with E-state index in [1.807, 2.05) is 60.8 Å². The van der Waals surface area contributed by atoms with Crippen LogP contribution < -0.4 is 10.1 Å². The van der Waals surface area contributed by atoms with E-state index in [0.29, 0.717) is 11.5 Å². The highest BCUT2D eigenvalue weighted by Crippen LogP contribution is 2.23. The first-order valence-corrected chi connectivity index (χ1v) is 9.91. The molecular weight excluding hydrogens is 364 g/mol. The van der Waals surface area contributed by atoms with Crippen molar-refractivity contribution in [1.82, 2.24) is 14.9 Å². The lowest BCUT2D eigenvalue weighted by atomic mass is 10.2. The molecule has 0 unspecified atom stereocenters. The molecule has 3 aromatic rings. The van der Waals surface area contributed by atoms with E-state index in [1.54, 1.807) is 12.4 Å². The molecule has 4 rings (SSSR count). The molecule has 6 nitrogen and oxygen atoms in total. The molecule has 6 heteroatoms. The molecule has 29 heavy (non-hydrogen) atoms. The lowest BCUT2D eigenvalue weighted by Gasteiger charge is -2.23. The molecule has 1 aliphatic heterocycles. The fourth-order valence-corrected chi connectivity index (χ4v) is 3.57. The Labute approximate surface area is 170 Å². The maximum atomic E-state index is 12.8. The van der Waals surface area contributed by atoms with Crippen LogP contribution in [0.5, 0.6) is 11.5 Å². The fraction of sp³-hybridized carbons (Fsp3) is 0.261. The minimum Gasteiger partial charge on any atom is -0.456 e. The lowest BCUT2D eigenvalue weighted by molar-refractivity contribution is -0.120. The minimum absolute atomic E-state index is 0.0458. The summed E-state index contributed by atoms with van der Waals surface area (Å²) in [7, 11) is 0. The number of carbonyl (C=O) groups excluding carboxylic acids is 1. The summed E-state index contributed by atoms with van der Waals surface area (Å²) in [5, 5.41) is 3.04. The van der Waals surface area contributed by atoms with E-state index in [9.17, 15) is 4.79 Å². The Bertz CT molecular complexity index is 917. The van der Waals surface area contributed by atoms with Gasteiger partial charge in [0.05, 0.1) is 12.2 Å². The number of nitrogens with one attached hydrogen (secondary N) is 1. The molecule has 0 radical (unpaired) electrons.